The summed E-state index contributed by atoms with van der Waals surface area (Å²) in [5.41, 5.74) is 1.16. The van der Waals surface area contributed by atoms with E-state index in [4.69, 9.17) is 0 Å². The highest BCUT2D eigenvalue weighted by Gasteiger charge is 2.00. The maximum atomic E-state index is 9.30. The molecule has 0 aliphatic carbocycles. The largest absolute Gasteiger partial charge is 0.392 e. The first-order valence-electron chi connectivity index (χ1n) is 5.16. The molecule has 0 spiro atoms. The van der Waals surface area contributed by atoms with E-state index in [1.165, 1.54) is 0 Å². The third kappa shape index (κ3) is 3.47. The van der Waals surface area contributed by atoms with Crippen LogP contribution in [0.2, 0.25) is 0 Å². The standard InChI is InChI=1S/C10H19N3O/c1-3-10(14)7-11-5-9-6-12-13(4-2)8-9/h6,8,10-11,14H,3-5,7H2,1-2H3. The number of nitrogens with one attached hydrogen (secondary N) is 1. The van der Waals surface area contributed by atoms with Crippen LogP contribution in [0.3, 0.4) is 0 Å². The summed E-state index contributed by atoms with van der Waals surface area (Å²) in [6, 6.07) is 0. The van der Waals surface area contributed by atoms with E-state index in [9.17, 15) is 5.11 Å². The van der Waals surface area contributed by atoms with Gasteiger partial charge in [0.15, 0.2) is 0 Å². The molecule has 1 heterocycles. The number of hydrogen-bond donors (Lipinski definition) is 2. The van der Waals surface area contributed by atoms with Gasteiger partial charge in [-0.25, -0.2) is 0 Å². The third-order valence-electron chi connectivity index (χ3n) is 2.19. The molecule has 4 heteroatoms. The number of aromatic nitrogens is 2. The first kappa shape index (κ1) is 11.2. The van der Waals surface area contributed by atoms with Crippen LogP contribution in [0.15, 0.2) is 12.4 Å². The van der Waals surface area contributed by atoms with E-state index in [-0.39, 0.29) is 6.10 Å². The molecular formula is C10H19N3O. The molecule has 0 amide bonds. The quantitative estimate of drug-likeness (QED) is 0.708. The molecule has 0 fully saturated rings. The van der Waals surface area contributed by atoms with Gasteiger partial charge in [0.25, 0.3) is 0 Å². The molecule has 0 aliphatic rings. The lowest BCUT2D eigenvalue weighted by atomic mass is 10.2. The van der Waals surface area contributed by atoms with Crippen LogP contribution in [0.4, 0.5) is 0 Å². The Bertz CT molecular complexity index is 260. The summed E-state index contributed by atoms with van der Waals surface area (Å²) >= 11 is 0. The fraction of sp³-hybridized carbons (Fsp3) is 0.700. The normalized spacial score (nSPS) is 13.1. The molecule has 80 valence electrons. The maximum absolute atomic E-state index is 9.30. The summed E-state index contributed by atoms with van der Waals surface area (Å²) in [5, 5.41) is 16.7. The van der Waals surface area contributed by atoms with E-state index in [1.54, 1.807) is 0 Å². The average molecular weight is 197 g/mol. The van der Waals surface area contributed by atoms with Crippen LogP contribution < -0.4 is 5.32 Å². The van der Waals surface area contributed by atoms with Crippen molar-refractivity contribution in [2.24, 2.45) is 0 Å². The van der Waals surface area contributed by atoms with E-state index in [0.29, 0.717) is 6.54 Å². The van der Waals surface area contributed by atoms with Gasteiger partial charge in [0.1, 0.15) is 0 Å². The van der Waals surface area contributed by atoms with Crippen LogP contribution in [0.5, 0.6) is 0 Å². The minimum Gasteiger partial charge on any atom is -0.392 e. The lowest BCUT2D eigenvalue weighted by molar-refractivity contribution is 0.167. The Kier molecular flexibility index (Phi) is 4.62. The summed E-state index contributed by atoms with van der Waals surface area (Å²) in [4.78, 5) is 0. The third-order valence-corrected chi connectivity index (χ3v) is 2.19. The van der Waals surface area contributed by atoms with Crippen LogP contribution in [0.25, 0.3) is 0 Å². The monoisotopic (exact) mass is 197 g/mol. The van der Waals surface area contributed by atoms with E-state index in [2.05, 4.69) is 17.3 Å². The molecule has 4 nitrogen and oxygen atoms in total. The van der Waals surface area contributed by atoms with Crippen molar-refractivity contribution in [2.75, 3.05) is 6.54 Å². The summed E-state index contributed by atoms with van der Waals surface area (Å²) in [5.74, 6) is 0. The topological polar surface area (TPSA) is 50.1 Å². The van der Waals surface area contributed by atoms with E-state index in [0.717, 1.165) is 25.1 Å². The molecule has 0 saturated carbocycles. The SMILES string of the molecule is CCC(O)CNCc1cnn(CC)c1. The fourth-order valence-electron chi connectivity index (χ4n) is 1.20. The molecule has 1 aromatic heterocycles. The number of hydrogen-bond acceptors (Lipinski definition) is 3. The Hall–Kier alpha value is -0.870. The van der Waals surface area contributed by atoms with Crippen molar-refractivity contribution in [3.8, 4) is 0 Å². The lowest BCUT2D eigenvalue weighted by Crippen LogP contribution is -2.25. The maximum Gasteiger partial charge on any atom is 0.0662 e. The average Bonchev–Trinajstić information content (AvgIpc) is 2.65. The van der Waals surface area contributed by atoms with Crippen molar-refractivity contribution in [3.63, 3.8) is 0 Å². The minimum absolute atomic E-state index is 0.240. The molecule has 1 rings (SSSR count). The van der Waals surface area contributed by atoms with Crippen LogP contribution in [-0.4, -0.2) is 27.5 Å². The van der Waals surface area contributed by atoms with Gasteiger partial charge in [-0.05, 0) is 13.3 Å². The van der Waals surface area contributed by atoms with Crippen molar-refractivity contribution in [1.82, 2.24) is 15.1 Å². The van der Waals surface area contributed by atoms with Crippen molar-refractivity contribution >= 4 is 0 Å². The highest BCUT2D eigenvalue weighted by atomic mass is 16.3. The van der Waals surface area contributed by atoms with Gasteiger partial charge >= 0.3 is 0 Å². The van der Waals surface area contributed by atoms with Gasteiger partial charge in [0.2, 0.25) is 0 Å². The van der Waals surface area contributed by atoms with Gasteiger partial charge in [0.05, 0.1) is 12.3 Å². The molecule has 1 atom stereocenters. The Morgan fingerprint density at radius 1 is 1.57 bits per heavy atom. The van der Waals surface area contributed by atoms with Crippen molar-refractivity contribution in [1.29, 1.82) is 0 Å². The zero-order valence-electron chi connectivity index (χ0n) is 8.90. The molecule has 0 saturated heterocycles. The van der Waals surface area contributed by atoms with Crippen molar-refractivity contribution < 1.29 is 5.11 Å². The van der Waals surface area contributed by atoms with Gasteiger partial charge in [-0.3, -0.25) is 4.68 Å². The molecule has 0 radical (unpaired) electrons. The number of aliphatic hydroxyl groups is 1. The van der Waals surface area contributed by atoms with Gasteiger partial charge < -0.3 is 10.4 Å². The van der Waals surface area contributed by atoms with E-state index in [1.807, 2.05) is 24.0 Å². The van der Waals surface area contributed by atoms with Crippen LogP contribution in [0.1, 0.15) is 25.8 Å². The van der Waals surface area contributed by atoms with Crippen molar-refractivity contribution in [3.05, 3.63) is 18.0 Å². The highest BCUT2D eigenvalue weighted by molar-refractivity contribution is 5.03. The fourth-order valence-corrected chi connectivity index (χ4v) is 1.20. The first-order valence-corrected chi connectivity index (χ1v) is 5.16. The summed E-state index contributed by atoms with van der Waals surface area (Å²) in [6.07, 6.45) is 4.43. The predicted molar refractivity (Wildman–Crippen MR) is 55.9 cm³/mol. The summed E-state index contributed by atoms with van der Waals surface area (Å²) in [6.45, 7) is 6.36. The van der Waals surface area contributed by atoms with Crippen molar-refractivity contribution in [2.45, 2.75) is 39.5 Å². The summed E-state index contributed by atoms with van der Waals surface area (Å²) < 4.78 is 1.90. The second-order valence-corrected chi connectivity index (χ2v) is 3.40. The first-order chi connectivity index (χ1) is 6.76. The molecular weight excluding hydrogens is 178 g/mol. The molecule has 14 heavy (non-hydrogen) atoms. The zero-order valence-corrected chi connectivity index (χ0v) is 8.90. The number of aryl methyl sites for hydroxylation is 1. The highest BCUT2D eigenvalue weighted by Crippen LogP contribution is 1.97. The van der Waals surface area contributed by atoms with E-state index < -0.39 is 0 Å². The smallest absolute Gasteiger partial charge is 0.0662 e. The Labute approximate surface area is 84.9 Å². The Morgan fingerprint density at radius 3 is 2.93 bits per heavy atom. The Morgan fingerprint density at radius 2 is 2.36 bits per heavy atom. The van der Waals surface area contributed by atoms with Crippen LogP contribution in [-0.2, 0) is 13.1 Å². The van der Waals surface area contributed by atoms with Gasteiger partial charge in [0, 0.05) is 31.4 Å². The predicted octanol–water partition coefficient (Wildman–Crippen LogP) is 0.763. The number of nitrogens with zero attached hydrogens (tertiary/aromatic N) is 2. The number of aliphatic hydroxyl groups excluding tert-OH is 1. The minimum atomic E-state index is -0.240. The lowest BCUT2D eigenvalue weighted by Gasteiger charge is -2.07. The molecule has 1 aromatic rings. The van der Waals surface area contributed by atoms with E-state index >= 15 is 0 Å². The Balaban J connectivity index is 2.24. The van der Waals surface area contributed by atoms with Crippen LogP contribution in [0, 0.1) is 0 Å². The van der Waals surface area contributed by atoms with Gasteiger partial charge in [-0.2, -0.15) is 5.10 Å². The zero-order chi connectivity index (χ0) is 10.4. The second-order valence-electron chi connectivity index (χ2n) is 3.40. The van der Waals surface area contributed by atoms with Gasteiger partial charge in [-0.15, -0.1) is 0 Å². The molecule has 1 unspecified atom stereocenters. The molecule has 0 aliphatic heterocycles. The second kappa shape index (κ2) is 5.78. The van der Waals surface area contributed by atoms with Crippen LogP contribution >= 0.6 is 0 Å². The number of rotatable bonds is 6. The molecule has 0 aromatic carbocycles. The molecule has 0 bridgehead atoms. The summed E-state index contributed by atoms with van der Waals surface area (Å²) in [7, 11) is 0. The van der Waals surface area contributed by atoms with Gasteiger partial charge in [-0.1, -0.05) is 6.92 Å². The molecule has 2 N–H and O–H groups in total.